The molecule has 1 saturated heterocycles. The van der Waals surface area contributed by atoms with Crippen LogP contribution in [0.25, 0.3) is 0 Å². The maximum Gasteiger partial charge on any atom is 0.233 e. The minimum absolute atomic E-state index is 0.0781. The number of amides is 3. The first kappa shape index (κ1) is 15.9. The van der Waals surface area contributed by atoms with Crippen molar-refractivity contribution in [2.24, 2.45) is 11.8 Å². The van der Waals surface area contributed by atoms with Crippen LogP contribution in [0, 0.1) is 11.8 Å². The minimum Gasteiger partial charge on any atom is -0.395 e. The van der Waals surface area contributed by atoms with Gasteiger partial charge in [0, 0.05) is 26.1 Å². The molecular weight excluding hydrogens is 272 g/mol. The third kappa shape index (κ3) is 3.26. The number of imide groups is 1. The summed E-state index contributed by atoms with van der Waals surface area (Å²) in [6.45, 7) is 2.75. The van der Waals surface area contributed by atoms with Crippen LogP contribution in [0.1, 0.15) is 39.0 Å². The van der Waals surface area contributed by atoms with E-state index in [0.29, 0.717) is 13.1 Å². The van der Waals surface area contributed by atoms with Crippen LogP contribution < -0.4 is 0 Å². The molecule has 0 radical (unpaired) electrons. The van der Waals surface area contributed by atoms with Gasteiger partial charge in [0.05, 0.1) is 18.4 Å². The van der Waals surface area contributed by atoms with Gasteiger partial charge in [-0.05, 0) is 19.8 Å². The number of aliphatic hydroxyl groups is 1. The van der Waals surface area contributed by atoms with Crippen LogP contribution in [-0.2, 0) is 14.4 Å². The van der Waals surface area contributed by atoms with Crippen molar-refractivity contribution in [3.05, 3.63) is 0 Å². The van der Waals surface area contributed by atoms with Gasteiger partial charge >= 0.3 is 0 Å². The van der Waals surface area contributed by atoms with Crippen molar-refractivity contribution in [3.8, 4) is 0 Å². The Morgan fingerprint density at radius 1 is 1.24 bits per heavy atom. The van der Waals surface area contributed by atoms with Gasteiger partial charge in [-0.25, -0.2) is 0 Å². The minimum atomic E-state index is -0.152. The van der Waals surface area contributed by atoms with Crippen molar-refractivity contribution in [1.29, 1.82) is 0 Å². The van der Waals surface area contributed by atoms with Gasteiger partial charge in [0.2, 0.25) is 17.7 Å². The van der Waals surface area contributed by atoms with Crippen LogP contribution >= 0.6 is 0 Å². The van der Waals surface area contributed by atoms with E-state index < -0.39 is 0 Å². The standard InChI is InChI=1S/C15H24N2O4/c1-2-16(9-10-18)13(19)7-8-17-14(20)11-5-3-4-6-12(11)15(17)21/h11-12,18H,2-10H2,1H3. The summed E-state index contributed by atoms with van der Waals surface area (Å²) in [4.78, 5) is 39.4. The second-order valence-corrected chi connectivity index (χ2v) is 5.77. The zero-order valence-corrected chi connectivity index (χ0v) is 12.6. The van der Waals surface area contributed by atoms with Gasteiger partial charge in [0.1, 0.15) is 0 Å². The molecule has 1 N–H and O–H groups in total. The lowest BCUT2D eigenvalue weighted by Gasteiger charge is -2.21. The molecule has 2 fully saturated rings. The van der Waals surface area contributed by atoms with Crippen LogP contribution in [0.2, 0.25) is 0 Å². The SMILES string of the molecule is CCN(CCO)C(=O)CCN1C(=O)C2CCCCC2C1=O. The summed E-state index contributed by atoms with van der Waals surface area (Å²) >= 11 is 0. The molecule has 2 rings (SSSR count). The Bertz CT molecular complexity index is 400. The average molecular weight is 296 g/mol. The molecule has 21 heavy (non-hydrogen) atoms. The lowest BCUT2D eigenvalue weighted by molar-refractivity contribution is -0.140. The second-order valence-electron chi connectivity index (χ2n) is 5.77. The monoisotopic (exact) mass is 296 g/mol. The van der Waals surface area contributed by atoms with Crippen molar-refractivity contribution < 1.29 is 19.5 Å². The Kier molecular flexibility index (Phi) is 5.33. The second kappa shape index (κ2) is 7.02. The number of rotatable bonds is 6. The molecule has 6 nitrogen and oxygen atoms in total. The van der Waals surface area contributed by atoms with Crippen LogP contribution in [-0.4, -0.2) is 58.9 Å². The number of hydrogen-bond acceptors (Lipinski definition) is 4. The van der Waals surface area contributed by atoms with E-state index >= 15 is 0 Å². The zero-order chi connectivity index (χ0) is 15.4. The van der Waals surface area contributed by atoms with Crippen molar-refractivity contribution >= 4 is 17.7 Å². The Hall–Kier alpha value is -1.43. The Labute approximate surface area is 125 Å². The van der Waals surface area contributed by atoms with Gasteiger partial charge in [-0.15, -0.1) is 0 Å². The third-order valence-electron chi connectivity index (χ3n) is 4.59. The first-order valence-electron chi connectivity index (χ1n) is 7.84. The fraction of sp³-hybridized carbons (Fsp3) is 0.800. The lowest BCUT2D eigenvalue weighted by Crippen LogP contribution is -2.38. The van der Waals surface area contributed by atoms with Crippen LogP contribution in [0.5, 0.6) is 0 Å². The van der Waals surface area contributed by atoms with E-state index in [9.17, 15) is 14.4 Å². The molecule has 6 heteroatoms. The van der Waals surface area contributed by atoms with Crippen LogP contribution in [0.3, 0.4) is 0 Å². The first-order valence-corrected chi connectivity index (χ1v) is 7.84. The van der Waals surface area contributed by atoms with E-state index in [-0.39, 0.29) is 49.1 Å². The van der Waals surface area contributed by atoms with Gasteiger partial charge < -0.3 is 10.0 Å². The third-order valence-corrected chi connectivity index (χ3v) is 4.59. The molecule has 0 aromatic carbocycles. The van der Waals surface area contributed by atoms with E-state index in [1.54, 1.807) is 0 Å². The van der Waals surface area contributed by atoms with Crippen molar-refractivity contribution in [2.75, 3.05) is 26.2 Å². The molecule has 2 aliphatic rings. The van der Waals surface area contributed by atoms with Crippen molar-refractivity contribution in [2.45, 2.75) is 39.0 Å². The largest absolute Gasteiger partial charge is 0.395 e. The summed E-state index contributed by atoms with van der Waals surface area (Å²) < 4.78 is 0. The Balaban J connectivity index is 1.92. The number of nitrogens with zero attached hydrogens (tertiary/aromatic N) is 2. The molecule has 0 aromatic rings. The average Bonchev–Trinajstić information content (AvgIpc) is 2.75. The molecule has 118 valence electrons. The molecule has 0 aromatic heterocycles. The Morgan fingerprint density at radius 2 is 1.81 bits per heavy atom. The predicted octanol–water partition coefficient (Wildman–Crippen LogP) is 0.392. The molecule has 1 saturated carbocycles. The van der Waals surface area contributed by atoms with Gasteiger partial charge in [-0.2, -0.15) is 0 Å². The molecule has 2 unspecified atom stereocenters. The molecule has 1 aliphatic heterocycles. The number of likely N-dealkylation sites (N-methyl/N-ethyl adjacent to an activating group) is 1. The molecule has 1 heterocycles. The quantitative estimate of drug-likeness (QED) is 0.719. The molecular formula is C15H24N2O4. The molecule has 2 atom stereocenters. The normalized spacial score (nSPS) is 25.1. The predicted molar refractivity (Wildman–Crippen MR) is 76.1 cm³/mol. The number of hydrogen-bond donors (Lipinski definition) is 1. The van der Waals surface area contributed by atoms with Gasteiger partial charge in [0.15, 0.2) is 0 Å². The summed E-state index contributed by atoms with van der Waals surface area (Å²) in [5.74, 6) is -0.616. The van der Waals surface area contributed by atoms with Gasteiger partial charge in [0.25, 0.3) is 0 Å². The molecule has 0 bridgehead atoms. The van der Waals surface area contributed by atoms with E-state index in [4.69, 9.17) is 5.11 Å². The van der Waals surface area contributed by atoms with Gasteiger partial charge in [-0.3, -0.25) is 19.3 Å². The summed E-state index contributed by atoms with van der Waals surface area (Å²) in [5, 5.41) is 8.91. The summed E-state index contributed by atoms with van der Waals surface area (Å²) in [7, 11) is 0. The maximum absolute atomic E-state index is 12.3. The number of likely N-dealkylation sites (tertiary alicyclic amines) is 1. The topological polar surface area (TPSA) is 77.9 Å². The van der Waals surface area contributed by atoms with Crippen LogP contribution in [0.4, 0.5) is 0 Å². The number of carbonyl (C=O) groups is 3. The van der Waals surface area contributed by atoms with E-state index in [2.05, 4.69) is 0 Å². The van der Waals surface area contributed by atoms with Crippen LogP contribution in [0.15, 0.2) is 0 Å². The lowest BCUT2D eigenvalue weighted by atomic mass is 9.81. The highest BCUT2D eigenvalue weighted by atomic mass is 16.3. The smallest absolute Gasteiger partial charge is 0.233 e. The van der Waals surface area contributed by atoms with Crippen molar-refractivity contribution in [1.82, 2.24) is 9.80 Å². The van der Waals surface area contributed by atoms with E-state index in [1.807, 2.05) is 6.92 Å². The number of fused-ring (bicyclic) bond motifs is 1. The molecule has 0 spiro atoms. The molecule has 3 amide bonds. The fourth-order valence-corrected chi connectivity index (χ4v) is 3.40. The van der Waals surface area contributed by atoms with Gasteiger partial charge in [-0.1, -0.05) is 12.8 Å². The van der Waals surface area contributed by atoms with E-state index in [0.717, 1.165) is 25.7 Å². The summed E-state index contributed by atoms with van der Waals surface area (Å²) in [5.41, 5.74) is 0. The summed E-state index contributed by atoms with van der Waals surface area (Å²) in [6, 6.07) is 0. The molecule has 1 aliphatic carbocycles. The maximum atomic E-state index is 12.3. The number of carbonyl (C=O) groups excluding carboxylic acids is 3. The zero-order valence-electron chi connectivity index (χ0n) is 12.6. The summed E-state index contributed by atoms with van der Waals surface area (Å²) in [6.07, 6.45) is 3.75. The van der Waals surface area contributed by atoms with Crippen molar-refractivity contribution in [3.63, 3.8) is 0 Å². The Morgan fingerprint density at radius 3 is 2.29 bits per heavy atom. The fourth-order valence-electron chi connectivity index (χ4n) is 3.40. The highest BCUT2D eigenvalue weighted by Gasteiger charge is 2.47. The van der Waals surface area contributed by atoms with E-state index in [1.165, 1.54) is 9.80 Å². The highest BCUT2D eigenvalue weighted by Crippen LogP contribution is 2.37. The number of aliphatic hydroxyl groups excluding tert-OH is 1. The highest BCUT2D eigenvalue weighted by molar-refractivity contribution is 6.05. The first-order chi connectivity index (χ1) is 10.1.